The molecule has 0 bridgehead atoms. The van der Waals surface area contributed by atoms with Crippen LogP contribution in [0.3, 0.4) is 0 Å². The molecule has 4 rings (SSSR count). The largest absolute Gasteiger partial charge is 0.480 e. The molecule has 94 heavy (non-hydrogen) atoms. The van der Waals surface area contributed by atoms with E-state index in [4.69, 9.17) is 21.7 Å². The minimum Gasteiger partial charge on any atom is -0.480 e. The number of fused-ring (bicyclic) bond motifs is 1. The summed E-state index contributed by atoms with van der Waals surface area (Å²) < 4.78 is 0. The van der Waals surface area contributed by atoms with Crippen LogP contribution in [-0.2, 0) is 76.8 Å². The van der Waals surface area contributed by atoms with E-state index in [9.17, 15) is 72.9 Å². The Morgan fingerprint density at radius 2 is 0.926 bits per heavy atom. The van der Waals surface area contributed by atoms with Gasteiger partial charge in [-0.05, 0) is 61.9 Å². The van der Waals surface area contributed by atoms with Crippen LogP contribution in [0.4, 0.5) is 0 Å². The van der Waals surface area contributed by atoms with Gasteiger partial charge in [-0.15, -0.1) is 0 Å². The van der Waals surface area contributed by atoms with Gasteiger partial charge in [0, 0.05) is 80.7 Å². The number of para-hydroxylation sites is 1. The fourth-order valence-corrected chi connectivity index (χ4v) is 10.2. The zero-order valence-electron chi connectivity index (χ0n) is 51.9. The molecule has 0 fully saturated rings. The van der Waals surface area contributed by atoms with Gasteiger partial charge in [0.15, 0.2) is 0 Å². The molecule has 0 aliphatic carbocycles. The average molecular weight is 1350 g/mol. The molecule has 31 nitrogen and oxygen atoms in total. The molecular formula is C61H86N14O17S2. The van der Waals surface area contributed by atoms with Crippen molar-refractivity contribution in [2.24, 2.45) is 11.5 Å². The maximum atomic E-state index is 14.8. The number of aliphatic hydroxyl groups is 1. The number of benzene rings is 3. The smallest absolute Gasteiger partial charge is 0.317 e. The second-order valence-electron chi connectivity index (χ2n) is 22.1. The number of hydrogen-bond acceptors (Lipinski definition) is 20. The number of aliphatic hydroxyl groups excluding tert-OH is 1. The molecule has 3 aromatic carbocycles. The standard InChI is InChI=1S/C61H86N14O17S2/c1-37(76)54(61(92)71-47(35-93)56(87)65-21-20-64-49(77)30-74(32-51(80)81)24-22-73(31-50(78)79)23-25-75(33-52(82)83)34-53(84)85)72-57(88)44(18-10-11-19-62)67-59(90)46(28-40-29-66-43-17-9-8-16-41(40)43)69-58(89)45(27-39-14-6-3-7-15-39)68-60(91)48(36-94)70-55(86)42(63)26-38-12-4-2-5-13-38/h2-9,12-17,29,37,42,44-48,54,66,76,93-94H,10-11,18-28,30-36,62-63H2,1H3,(H,64,77)(H,65,87)(H,67,90)(H,68,91)(H,69,89)(H,70,86)(H,71,92)(H,72,88)(H,78,79)(H,80,81)(H,82,83)(H,84,85)/t37-,42-,44+,45+,46-,47+,48+,54+/m1/s1. The summed E-state index contributed by atoms with van der Waals surface area (Å²) in [5.41, 5.74) is 14.8. The molecule has 1 heterocycles. The van der Waals surface area contributed by atoms with E-state index >= 15 is 0 Å². The quantitative estimate of drug-likeness (QED) is 0.0149. The number of rotatable bonds is 45. The second kappa shape index (κ2) is 41.1. The number of nitrogens with one attached hydrogen (secondary N) is 9. The summed E-state index contributed by atoms with van der Waals surface area (Å²) in [6.07, 6.45) is 0.612. The SMILES string of the molecule is C[C@@H](O)[C@H](NC(=O)[C@H](CCCCN)NC(=O)[C@@H](Cc1c[nH]c2ccccc12)NC(=O)[C@H](Cc1ccccc1)NC(=O)[C@H](CS)NC(=O)[C@H](N)Cc1ccccc1)C(=O)N[C@@H](CS)C(=O)NCCNC(=O)CN(CCN(CCN(CC(=O)O)CC(=O)O)CC(=O)O)CC(=O)O. The van der Waals surface area contributed by atoms with Crippen molar-refractivity contribution in [2.45, 2.75) is 93.8 Å². The lowest BCUT2D eigenvalue weighted by Gasteiger charge is -2.28. The van der Waals surface area contributed by atoms with Crippen molar-refractivity contribution in [1.82, 2.24) is 62.2 Å². The first-order chi connectivity index (χ1) is 44.8. The summed E-state index contributed by atoms with van der Waals surface area (Å²) in [5.74, 6) is -12.3. The minimum atomic E-state index is -1.74. The number of aromatic nitrogens is 1. The molecule has 8 amide bonds. The molecule has 0 saturated carbocycles. The lowest BCUT2D eigenvalue weighted by atomic mass is 10.0. The normalized spacial score (nSPS) is 13.8. The number of aliphatic carboxylic acids is 4. The molecule has 33 heteroatoms. The van der Waals surface area contributed by atoms with E-state index in [1.165, 1.54) is 16.7 Å². The first-order valence-electron chi connectivity index (χ1n) is 30.2. The predicted molar refractivity (Wildman–Crippen MR) is 350 cm³/mol. The number of carboxylic acids is 4. The Morgan fingerprint density at radius 1 is 0.489 bits per heavy atom. The van der Waals surface area contributed by atoms with Crippen LogP contribution in [-0.4, -0.2) is 255 Å². The van der Waals surface area contributed by atoms with E-state index in [1.54, 1.807) is 79.0 Å². The maximum Gasteiger partial charge on any atom is 0.317 e. The van der Waals surface area contributed by atoms with Crippen molar-refractivity contribution in [1.29, 1.82) is 0 Å². The van der Waals surface area contributed by atoms with Gasteiger partial charge >= 0.3 is 23.9 Å². The van der Waals surface area contributed by atoms with Gasteiger partial charge in [-0.1, -0.05) is 78.9 Å². The van der Waals surface area contributed by atoms with E-state index in [1.807, 2.05) is 12.1 Å². The second-order valence-corrected chi connectivity index (χ2v) is 22.9. The van der Waals surface area contributed by atoms with Crippen LogP contribution in [0, 0.1) is 0 Å². The Morgan fingerprint density at radius 3 is 1.47 bits per heavy atom. The van der Waals surface area contributed by atoms with Crippen molar-refractivity contribution in [3.8, 4) is 0 Å². The van der Waals surface area contributed by atoms with Crippen molar-refractivity contribution < 1.29 is 83.1 Å². The van der Waals surface area contributed by atoms with Crippen molar-refractivity contribution in [3.05, 3.63) is 108 Å². The van der Waals surface area contributed by atoms with Crippen LogP contribution >= 0.6 is 25.3 Å². The van der Waals surface area contributed by atoms with Crippen molar-refractivity contribution in [3.63, 3.8) is 0 Å². The summed E-state index contributed by atoms with van der Waals surface area (Å²) in [6, 6.07) is 15.3. The highest BCUT2D eigenvalue weighted by Gasteiger charge is 2.36. The molecule has 0 radical (unpaired) electrons. The van der Waals surface area contributed by atoms with Gasteiger partial charge in [-0.2, -0.15) is 25.3 Å². The topological polar surface area (TPSA) is 480 Å². The van der Waals surface area contributed by atoms with Crippen LogP contribution in [0.15, 0.2) is 91.1 Å². The van der Waals surface area contributed by atoms with Gasteiger partial charge in [0.05, 0.1) is 44.9 Å². The molecule has 1 aromatic heterocycles. The van der Waals surface area contributed by atoms with Crippen LogP contribution in [0.2, 0.25) is 0 Å². The number of amides is 8. The molecule has 0 unspecified atom stereocenters. The molecule has 514 valence electrons. The molecule has 0 aliphatic heterocycles. The number of thiol groups is 2. The number of aromatic amines is 1. The van der Waals surface area contributed by atoms with E-state index in [0.29, 0.717) is 28.5 Å². The van der Waals surface area contributed by atoms with Crippen LogP contribution < -0.4 is 54.0 Å². The fourth-order valence-electron chi connectivity index (χ4n) is 9.71. The van der Waals surface area contributed by atoms with Crippen molar-refractivity contribution >= 4 is 107 Å². The number of nitrogens with zero attached hydrogens (tertiary/aromatic N) is 3. The third-order valence-corrected chi connectivity index (χ3v) is 15.3. The summed E-state index contributed by atoms with van der Waals surface area (Å²) in [7, 11) is 0. The lowest BCUT2D eigenvalue weighted by molar-refractivity contribution is -0.143. The van der Waals surface area contributed by atoms with E-state index in [0.717, 1.165) is 10.5 Å². The first kappa shape index (κ1) is 77.7. The Labute approximate surface area is 553 Å². The van der Waals surface area contributed by atoms with Gasteiger partial charge in [0.25, 0.3) is 0 Å². The Bertz CT molecular complexity index is 3150. The third kappa shape index (κ3) is 28.3. The zero-order chi connectivity index (χ0) is 69.3. The highest BCUT2D eigenvalue weighted by molar-refractivity contribution is 7.80. The number of nitrogens with two attached hydrogens (primary N) is 2. The number of carboxylic acid groups (broad SMARTS) is 4. The monoisotopic (exact) mass is 1350 g/mol. The van der Waals surface area contributed by atoms with Gasteiger partial charge < -0.3 is 84.5 Å². The Hall–Kier alpha value is -8.70. The highest BCUT2D eigenvalue weighted by Crippen LogP contribution is 2.20. The zero-order valence-corrected chi connectivity index (χ0v) is 53.7. The minimum absolute atomic E-state index is 0.0511. The van der Waals surface area contributed by atoms with Crippen LogP contribution in [0.5, 0.6) is 0 Å². The van der Waals surface area contributed by atoms with Crippen molar-refractivity contribution in [2.75, 3.05) is 90.0 Å². The molecule has 18 N–H and O–H groups in total. The number of carbonyl (C=O) groups excluding carboxylic acids is 8. The highest BCUT2D eigenvalue weighted by atomic mass is 32.1. The summed E-state index contributed by atoms with van der Waals surface area (Å²) in [6.45, 7) is -2.60. The van der Waals surface area contributed by atoms with Gasteiger partial charge in [0.2, 0.25) is 47.3 Å². The fraction of sp³-hybridized carbons (Fsp3) is 0.475. The molecule has 8 atom stereocenters. The van der Waals surface area contributed by atoms with Crippen LogP contribution in [0.1, 0.15) is 42.9 Å². The maximum absolute atomic E-state index is 14.8. The predicted octanol–water partition coefficient (Wildman–Crippen LogP) is -3.72. The van der Waals surface area contributed by atoms with E-state index in [2.05, 4.69) is 72.8 Å². The van der Waals surface area contributed by atoms with E-state index < -0.39 is 152 Å². The van der Waals surface area contributed by atoms with E-state index in [-0.39, 0.29) is 89.4 Å². The summed E-state index contributed by atoms with van der Waals surface area (Å²) in [4.78, 5) is 164. The number of H-pyrrole nitrogens is 1. The molecule has 0 saturated heterocycles. The van der Waals surface area contributed by atoms with Gasteiger partial charge in [0.1, 0.15) is 36.3 Å². The lowest BCUT2D eigenvalue weighted by Crippen LogP contribution is -2.62. The van der Waals surface area contributed by atoms with Crippen LogP contribution in [0.25, 0.3) is 10.9 Å². The Kier molecular flexibility index (Phi) is 34.0. The Balaban J connectivity index is 1.46. The van der Waals surface area contributed by atoms with Gasteiger partial charge in [-0.25, -0.2) is 0 Å². The number of hydrogen-bond donors (Lipinski definition) is 18. The number of carbonyl (C=O) groups is 12. The molecule has 0 spiro atoms. The third-order valence-electron chi connectivity index (χ3n) is 14.6. The number of unbranched alkanes of at least 4 members (excludes halogenated alkanes) is 1. The summed E-state index contributed by atoms with van der Waals surface area (Å²) >= 11 is 8.53. The van der Waals surface area contributed by atoms with Gasteiger partial charge in [-0.3, -0.25) is 72.2 Å². The first-order valence-corrected chi connectivity index (χ1v) is 31.5. The molecular weight excluding hydrogens is 1260 g/mol. The summed E-state index contributed by atoms with van der Waals surface area (Å²) in [5, 5.41) is 69.7. The average Bonchev–Trinajstić information content (AvgIpc) is 1.63. The molecule has 4 aromatic rings. The molecule has 0 aliphatic rings.